The molecule has 1 heterocycles. The fourth-order valence-electron chi connectivity index (χ4n) is 1.66. The number of halogens is 2. The highest BCUT2D eigenvalue weighted by molar-refractivity contribution is 5.70. The average Bonchev–Trinajstić information content (AvgIpc) is 2.69. The Morgan fingerprint density at radius 3 is 2.47 bits per heavy atom. The lowest BCUT2D eigenvalue weighted by atomic mass is 9.92. The van der Waals surface area contributed by atoms with E-state index < -0.39 is 11.6 Å². The van der Waals surface area contributed by atoms with Gasteiger partial charge in [-0.05, 0) is 11.5 Å². The zero-order valence-electron chi connectivity index (χ0n) is 11.0. The van der Waals surface area contributed by atoms with Gasteiger partial charge in [-0.1, -0.05) is 25.9 Å². The molecule has 0 radical (unpaired) electrons. The Hall–Kier alpha value is -1.98. The molecule has 102 valence electrons. The molecule has 0 aliphatic carbocycles. The maximum Gasteiger partial charge on any atom is 0.260 e. The maximum absolute atomic E-state index is 13.2. The van der Waals surface area contributed by atoms with E-state index in [1.54, 1.807) is 0 Å². The highest BCUT2D eigenvalue weighted by Crippen LogP contribution is 2.28. The standard InChI is InChI=1S/C13H15F2N3O/c1-13(2,3)6-11-17-12(19-18-11)7-4-8(14)9(15)5-10(7)16/h4-5H,6,16H2,1-3H3. The lowest BCUT2D eigenvalue weighted by molar-refractivity contribution is 0.374. The van der Waals surface area contributed by atoms with Gasteiger partial charge in [-0.25, -0.2) is 8.78 Å². The third-order valence-electron chi connectivity index (χ3n) is 2.48. The molecule has 0 aliphatic rings. The lowest BCUT2D eigenvalue weighted by Crippen LogP contribution is -2.10. The molecule has 0 amide bonds. The first-order valence-corrected chi connectivity index (χ1v) is 5.84. The Morgan fingerprint density at radius 2 is 1.84 bits per heavy atom. The SMILES string of the molecule is CC(C)(C)Cc1noc(-c2cc(F)c(F)cc2N)n1. The van der Waals surface area contributed by atoms with Gasteiger partial charge in [0.2, 0.25) is 0 Å². The van der Waals surface area contributed by atoms with Crippen molar-refractivity contribution in [3.05, 3.63) is 29.6 Å². The van der Waals surface area contributed by atoms with Crippen molar-refractivity contribution >= 4 is 5.69 Å². The highest BCUT2D eigenvalue weighted by Gasteiger charge is 2.19. The molecule has 1 aromatic carbocycles. The minimum atomic E-state index is -1.00. The van der Waals surface area contributed by atoms with Crippen LogP contribution < -0.4 is 5.73 Å². The van der Waals surface area contributed by atoms with Crippen molar-refractivity contribution in [3.63, 3.8) is 0 Å². The first kappa shape index (κ1) is 13.5. The second kappa shape index (κ2) is 4.60. The molecule has 2 N–H and O–H groups in total. The summed E-state index contributed by atoms with van der Waals surface area (Å²) in [4.78, 5) is 4.15. The molecule has 0 spiro atoms. The molecule has 0 unspecified atom stereocenters. The Bertz CT molecular complexity index is 602. The topological polar surface area (TPSA) is 64.9 Å². The number of hydrogen-bond donors (Lipinski definition) is 1. The fourth-order valence-corrected chi connectivity index (χ4v) is 1.66. The van der Waals surface area contributed by atoms with Crippen LogP contribution in [0.5, 0.6) is 0 Å². The number of nitrogens with two attached hydrogens (primary N) is 1. The second-order valence-corrected chi connectivity index (χ2v) is 5.61. The molecule has 0 saturated heterocycles. The van der Waals surface area contributed by atoms with Gasteiger partial charge >= 0.3 is 0 Å². The van der Waals surface area contributed by atoms with Crippen molar-refractivity contribution in [3.8, 4) is 11.5 Å². The minimum absolute atomic E-state index is 0.000728. The van der Waals surface area contributed by atoms with Crippen molar-refractivity contribution in [2.75, 3.05) is 5.73 Å². The largest absolute Gasteiger partial charge is 0.398 e. The monoisotopic (exact) mass is 267 g/mol. The van der Waals surface area contributed by atoms with Crippen LogP contribution in [0.2, 0.25) is 0 Å². The average molecular weight is 267 g/mol. The zero-order chi connectivity index (χ0) is 14.2. The third kappa shape index (κ3) is 3.07. The van der Waals surface area contributed by atoms with Crippen LogP contribution in [0.4, 0.5) is 14.5 Å². The minimum Gasteiger partial charge on any atom is -0.398 e. The predicted molar refractivity (Wildman–Crippen MR) is 67.2 cm³/mol. The first-order valence-electron chi connectivity index (χ1n) is 5.84. The Labute approximate surface area is 109 Å². The van der Waals surface area contributed by atoms with Crippen LogP contribution in [-0.2, 0) is 6.42 Å². The van der Waals surface area contributed by atoms with Gasteiger partial charge in [-0.15, -0.1) is 0 Å². The molecule has 2 aromatic rings. The van der Waals surface area contributed by atoms with Crippen LogP contribution >= 0.6 is 0 Å². The Morgan fingerprint density at radius 1 is 1.21 bits per heavy atom. The van der Waals surface area contributed by atoms with Crippen LogP contribution in [0, 0.1) is 17.0 Å². The van der Waals surface area contributed by atoms with Crippen molar-refractivity contribution < 1.29 is 13.3 Å². The van der Waals surface area contributed by atoms with Crippen LogP contribution in [0.15, 0.2) is 16.7 Å². The molecule has 0 saturated carbocycles. The highest BCUT2D eigenvalue weighted by atomic mass is 19.2. The van der Waals surface area contributed by atoms with Gasteiger partial charge in [0.05, 0.1) is 5.56 Å². The zero-order valence-corrected chi connectivity index (χ0v) is 11.0. The van der Waals surface area contributed by atoms with Crippen LogP contribution in [0.3, 0.4) is 0 Å². The van der Waals surface area contributed by atoms with Crippen molar-refractivity contribution in [1.29, 1.82) is 0 Å². The van der Waals surface area contributed by atoms with Gasteiger partial charge in [-0.2, -0.15) is 4.98 Å². The fraction of sp³-hybridized carbons (Fsp3) is 0.385. The van der Waals surface area contributed by atoms with E-state index in [1.807, 2.05) is 20.8 Å². The van der Waals surface area contributed by atoms with Gasteiger partial charge in [0.15, 0.2) is 17.5 Å². The quantitative estimate of drug-likeness (QED) is 0.849. The summed E-state index contributed by atoms with van der Waals surface area (Å²) < 4.78 is 31.2. The summed E-state index contributed by atoms with van der Waals surface area (Å²) in [6, 6.07) is 1.86. The normalized spacial score (nSPS) is 11.8. The van der Waals surface area contributed by atoms with E-state index in [-0.39, 0.29) is 22.6 Å². The first-order chi connectivity index (χ1) is 8.76. The number of nitrogen functional groups attached to an aromatic ring is 1. The van der Waals surface area contributed by atoms with Gasteiger partial charge in [0.1, 0.15) is 0 Å². The van der Waals surface area contributed by atoms with Gasteiger partial charge in [0, 0.05) is 18.2 Å². The number of anilines is 1. The molecule has 0 bridgehead atoms. The molecule has 2 rings (SSSR count). The molecule has 19 heavy (non-hydrogen) atoms. The summed E-state index contributed by atoms with van der Waals surface area (Å²) in [5.74, 6) is -1.40. The van der Waals surface area contributed by atoms with E-state index in [4.69, 9.17) is 10.3 Å². The molecule has 0 atom stereocenters. The van der Waals surface area contributed by atoms with E-state index in [0.717, 1.165) is 12.1 Å². The van der Waals surface area contributed by atoms with Crippen molar-refractivity contribution in [2.45, 2.75) is 27.2 Å². The van der Waals surface area contributed by atoms with E-state index in [0.29, 0.717) is 12.2 Å². The number of benzene rings is 1. The summed E-state index contributed by atoms with van der Waals surface area (Å²) in [5.41, 5.74) is 5.89. The summed E-state index contributed by atoms with van der Waals surface area (Å²) in [6.07, 6.45) is 0.611. The van der Waals surface area contributed by atoms with Crippen molar-refractivity contribution in [2.24, 2.45) is 5.41 Å². The predicted octanol–water partition coefficient (Wildman–Crippen LogP) is 3.19. The third-order valence-corrected chi connectivity index (χ3v) is 2.48. The maximum atomic E-state index is 13.2. The van der Waals surface area contributed by atoms with Gasteiger partial charge in [0.25, 0.3) is 5.89 Å². The number of aromatic nitrogens is 2. The van der Waals surface area contributed by atoms with E-state index in [1.165, 1.54) is 0 Å². The molecule has 6 heteroatoms. The molecule has 4 nitrogen and oxygen atoms in total. The molecule has 0 aliphatic heterocycles. The van der Waals surface area contributed by atoms with Gasteiger partial charge < -0.3 is 10.3 Å². The molecular weight excluding hydrogens is 252 g/mol. The van der Waals surface area contributed by atoms with E-state index in [9.17, 15) is 8.78 Å². The molecule has 0 fully saturated rings. The number of rotatable bonds is 2. The van der Waals surface area contributed by atoms with Crippen LogP contribution in [0.1, 0.15) is 26.6 Å². The van der Waals surface area contributed by atoms with E-state index in [2.05, 4.69) is 10.1 Å². The molecular formula is C13H15F2N3O. The Balaban J connectivity index is 2.36. The summed E-state index contributed by atoms with van der Waals surface area (Å²) in [5, 5.41) is 3.81. The smallest absolute Gasteiger partial charge is 0.260 e. The lowest BCUT2D eigenvalue weighted by Gasteiger charge is -2.14. The summed E-state index contributed by atoms with van der Waals surface area (Å²) >= 11 is 0. The summed E-state index contributed by atoms with van der Waals surface area (Å²) in [7, 11) is 0. The Kier molecular flexibility index (Phi) is 3.26. The summed E-state index contributed by atoms with van der Waals surface area (Å²) in [6.45, 7) is 6.11. The second-order valence-electron chi connectivity index (χ2n) is 5.61. The van der Waals surface area contributed by atoms with Crippen LogP contribution in [0.25, 0.3) is 11.5 Å². The number of hydrogen-bond acceptors (Lipinski definition) is 4. The van der Waals surface area contributed by atoms with Gasteiger partial charge in [-0.3, -0.25) is 0 Å². The van der Waals surface area contributed by atoms with Crippen molar-refractivity contribution in [1.82, 2.24) is 10.1 Å². The van der Waals surface area contributed by atoms with Crippen LogP contribution in [-0.4, -0.2) is 10.1 Å². The van der Waals surface area contributed by atoms with E-state index >= 15 is 0 Å². The number of nitrogens with zero attached hydrogens (tertiary/aromatic N) is 2. The molecule has 1 aromatic heterocycles.